The molecule has 5 rings (SSSR count). The third-order valence-corrected chi connectivity index (χ3v) is 7.20. The van der Waals surface area contributed by atoms with Crippen LogP contribution in [0.25, 0.3) is 10.8 Å². The highest BCUT2D eigenvalue weighted by Gasteiger charge is 2.31. The molecule has 7 nitrogen and oxygen atoms in total. The topological polar surface area (TPSA) is 69.9 Å². The molecule has 0 atom stereocenters. The van der Waals surface area contributed by atoms with Gasteiger partial charge in [-0.2, -0.15) is 0 Å². The van der Waals surface area contributed by atoms with Gasteiger partial charge in [0.2, 0.25) is 0 Å². The molecule has 0 aliphatic carbocycles. The molecular weight excluding hydrogens is 440 g/mol. The summed E-state index contributed by atoms with van der Waals surface area (Å²) in [5, 5.41) is 13.6. The fourth-order valence-corrected chi connectivity index (χ4v) is 5.35. The van der Waals surface area contributed by atoms with Gasteiger partial charge in [-0.05, 0) is 37.0 Å². The number of carbonyl (C=O) groups is 1. The van der Waals surface area contributed by atoms with E-state index in [1.165, 1.54) is 0 Å². The molecule has 2 heterocycles. The highest BCUT2D eigenvalue weighted by atomic mass is 16.6. The van der Waals surface area contributed by atoms with E-state index in [1.54, 1.807) is 12.1 Å². The van der Waals surface area contributed by atoms with E-state index in [-0.39, 0.29) is 16.5 Å². The van der Waals surface area contributed by atoms with E-state index >= 15 is 0 Å². The Balaban J connectivity index is 1.38. The van der Waals surface area contributed by atoms with Crippen molar-refractivity contribution in [2.45, 2.75) is 33.2 Å². The van der Waals surface area contributed by atoms with E-state index in [4.69, 9.17) is 0 Å². The van der Waals surface area contributed by atoms with E-state index in [2.05, 4.69) is 41.8 Å². The zero-order valence-electron chi connectivity index (χ0n) is 20.4. The van der Waals surface area contributed by atoms with Crippen LogP contribution in [0.1, 0.15) is 42.6 Å². The maximum atomic E-state index is 13.2. The standard InChI is InChI=1S/C28H32N4O3/c1-20(2)13-16-31-26-12-11-25(22-8-5-9-23(27(22)26)28(31)33)30-15-6-14-29(17-18-30)19-21-7-3-4-10-24(21)32(34)35/h3-5,7-12,20H,6,13-19H2,1-2H3. The molecule has 0 bridgehead atoms. The number of anilines is 2. The number of hydrogen-bond acceptors (Lipinski definition) is 5. The first-order chi connectivity index (χ1) is 16.9. The summed E-state index contributed by atoms with van der Waals surface area (Å²) in [7, 11) is 0. The van der Waals surface area contributed by atoms with Crippen LogP contribution in [0.5, 0.6) is 0 Å². The Bertz CT molecular complexity index is 1270. The van der Waals surface area contributed by atoms with Crippen molar-refractivity contribution in [3.63, 3.8) is 0 Å². The molecule has 1 amide bonds. The number of para-hydroxylation sites is 1. The Morgan fingerprint density at radius 1 is 0.943 bits per heavy atom. The molecular formula is C28H32N4O3. The lowest BCUT2D eigenvalue weighted by Gasteiger charge is -2.26. The van der Waals surface area contributed by atoms with Gasteiger partial charge in [0.05, 0.1) is 10.6 Å². The fourth-order valence-electron chi connectivity index (χ4n) is 5.35. The summed E-state index contributed by atoms with van der Waals surface area (Å²) in [5.41, 5.74) is 3.94. The number of nitro groups is 1. The van der Waals surface area contributed by atoms with Crippen LogP contribution in [0, 0.1) is 16.0 Å². The number of nitrogens with zero attached hydrogens (tertiary/aromatic N) is 4. The summed E-state index contributed by atoms with van der Waals surface area (Å²) in [5.74, 6) is 0.647. The average Bonchev–Trinajstić information content (AvgIpc) is 2.98. The molecule has 35 heavy (non-hydrogen) atoms. The second kappa shape index (κ2) is 9.66. The molecule has 7 heteroatoms. The highest BCUT2D eigenvalue weighted by Crippen LogP contribution is 2.42. The lowest BCUT2D eigenvalue weighted by molar-refractivity contribution is -0.385. The van der Waals surface area contributed by atoms with Crippen LogP contribution in [0.3, 0.4) is 0 Å². The molecule has 3 aromatic carbocycles. The Kier molecular flexibility index (Phi) is 6.43. The molecule has 2 aliphatic rings. The Hall–Kier alpha value is -3.45. The maximum absolute atomic E-state index is 13.2. The molecule has 0 radical (unpaired) electrons. The molecule has 0 spiro atoms. The van der Waals surface area contributed by atoms with Crippen LogP contribution in [-0.4, -0.2) is 48.5 Å². The lowest BCUT2D eigenvalue weighted by Crippen LogP contribution is -2.30. The van der Waals surface area contributed by atoms with E-state index in [0.29, 0.717) is 12.5 Å². The minimum Gasteiger partial charge on any atom is -0.370 e. The van der Waals surface area contributed by atoms with E-state index in [0.717, 1.165) is 78.8 Å². The fraction of sp³-hybridized carbons (Fsp3) is 0.393. The van der Waals surface area contributed by atoms with Crippen molar-refractivity contribution in [2.75, 3.05) is 42.5 Å². The van der Waals surface area contributed by atoms with Crippen molar-refractivity contribution in [1.82, 2.24) is 4.90 Å². The molecule has 1 fully saturated rings. The lowest BCUT2D eigenvalue weighted by atomic mass is 10.0. The maximum Gasteiger partial charge on any atom is 0.273 e. The molecule has 0 saturated carbocycles. The van der Waals surface area contributed by atoms with Crippen LogP contribution < -0.4 is 9.80 Å². The summed E-state index contributed by atoms with van der Waals surface area (Å²) in [4.78, 5) is 31.0. The third-order valence-electron chi connectivity index (χ3n) is 7.20. The van der Waals surface area contributed by atoms with Crippen molar-refractivity contribution in [3.05, 3.63) is 75.8 Å². The van der Waals surface area contributed by atoms with Crippen molar-refractivity contribution in [1.29, 1.82) is 0 Å². The molecule has 0 unspecified atom stereocenters. The minimum atomic E-state index is -0.294. The summed E-state index contributed by atoms with van der Waals surface area (Å²) >= 11 is 0. The first-order valence-corrected chi connectivity index (χ1v) is 12.5. The van der Waals surface area contributed by atoms with Crippen molar-refractivity contribution in [3.8, 4) is 0 Å². The predicted molar refractivity (Wildman–Crippen MR) is 140 cm³/mol. The van der Waals surface area contributed by atoms with E-state index < -0.39 is 0 Å². The molecule has 3 aromatic rings. The van der Waals surface area contributed by atoms with Gasteiger partial charge in [0, 0.05) is 72.9 Å². The van der Waals surface area contributed by atoms with Crippen LogP contribution in [0.4, 0.5) is 17.1 Å². The monoisotopic (exact) mass is 472 g/mol. The first-order valence-electron chi connectivity index (χ1n) is 12.5. The highest BCUT2D eigenvalue weighted by molar-refractivity contribution is 6.26. The zero-order valence-corrected chi connectivity index (χ0v) is 20.4. The summed E-state index contributed by atoms with van der Waals surface area (Å²) in [6.07, 6.45) is 1.95. The normalized spacial score (nSPS) is 16.4. The quantitative estimate of drug-likeness (QED) is 0.337. The number of benzene rings is 3. The van der Waals surface area contributed by atoms with Crippen LogP contribution >= 0.6 is 0 Å². The van der Waals surface area contributed by atoms with Crippen LogP contribution in [-0.2, 0) is 6.54 Å². The summed E-state index contributed by atoms with van der Waals surface area (Å²) < 4.78 is 0. The first kappa shape index (κ1) is 23.3. The van der Waals surface area contributed by atoms with Crippen LogP contribution in [0.2, 0.25) is 0 Å². The Morgan fingerprint density at radius 3 is 2.54 bits per heavy atom. The minimum absolute atomic E-state index is 0.106. The number of carbonyl (C=O) groups excluding carboxylic acids is 1. The summed E-state index contributed by atoms with van der Waals surface area (Å²) in [6, 6.07) is 17.4. The van der Waals surface area contributed by atoms with Gasteiger partial charge in [0.15, 0.2) is 0 Å². The van der Waals surface area contributed by atoms with E-state index in [1.807, 2.05) is 29.2 Å². The predicted octanol–water partition coefficient (Wildman–Crippen LogP) is 5.47. The third kappa shape index (κ3) is 4.48. The summed E-state index contributed by atoms with van der Waals surface area (Å²) in [6.45, 7) is 9.16. The zero-order chi connectivity index (χ0) is 24.5. The molecule has 182 valence electrons. The number of hydrogen-bond donors (Lipinski definition) is 0. The second-order valence-electron chi connectivity index (χ2n) is 9.97. The van der Waals surface area contributed by atoms with Gasteiger partial charge >= 0.3 is 0 Å². The smallest absolute Gasteiger partial charge is 0.273 e. The van der Waals surface area contributed by atoms with Crippen molar-refractivity contribution >= 4 is 33.7 Å². The van der Waals surface area contributed by atoms with Crippen molar-refractivity contribution in [2.24, 2.45) is 5.92 Å². The molecule has 0 aromatic heterocycles. The van der Waals surface area contributed by atoms with E-state index in [9.17, 15) is 14.9 Å². The Morgan fingerprint density at radius 2 is 1.74 bits per heavy atom. The van der Waals surface area contributed by atoms with Gasteiger partial charge in [-0.25, -0.2) is 0 Å². The van der Waals surface area contributed by atoms with Gasteiger partial charge in [-0.15, -0.1) is 0 Å². The van der Waals surface area contributed by atoms with Gasteiger partial charge < -0.3 is 9.80 Å². The SMILES string of the molecule is CC(C)CCN1C(=O)c2cccc3c(N4CCCN(Cc5ccccc5[N+](=O)[O-])CC4)ccc1c23. The second-order valence-corrected chi connectivity index (χ2v) is 9.97. The largest absolute Gasteiger partial charge is 0.370 e. The van der Waals surface area contributed by atoms with Gasteiger partial charge in [0.25, 0.3) is 11.6 Å². The van der Waals surface area contributed by atoms with Crippen LogP contribution in [0.15, 0.2) is 54.6 Å². The molecule has 1 saturated heterocycles. The molecule has 0 N–H and O–H groups in total. The Labute approximate surface area is 206 Å². The van der Waals surface area contributed by atoms with Gasteiger partial charge in [-0.1, -0.05) is 44.2 Å². The average molecular weight is 473 g/mol. The molecule has 2 aliphatic heterocycles. The van der Waals surface area contributed by atoms with Crippen molar-refractivity contribution < 1.29 is 9.72 Å². The number of nitro benzene ring substituents is 1. The number of amides is 1. The number of rotatable bonds is 7. The van der Waals surface area contributed by atoms with Gasteiger partial charge in [0.1, 0.15) is 0 Å². The van der Waals surface area contributed by atoms with Gasteiger partial charge in [-0.3, -0.25) is 19.8 Å².